The van der Waals surface area contributed by atoms with E-state index in [-0.39, 0.29) is 5.92 Å². The smallest absolute Gasteiger partial charge is 0.158 e. The first-order valence-corrected chi connectivity index (χ1v) is 14.4. The molecule has 1 aliphatic carbocycles. The highest BCUT2D eigenvalue weighted by Gasteiger charge is 2.42. The Labute approximate surface area is 224 Å². The molecule has 0 aromatic carbocycles. The molecule has 3 aromatic rings. The number of thiazole rings is 1. The lowest BCUT2D eigenvalue weighted by Crippen LogP contribution is -2.56. The Kier molecular flexibility index (Phi) is 6.06. The summed E-state index contributed by atoms with van der Waals surface area (Å²) in [7, 11) is 0. The van der Waals surface area contributed by atoms with Crippen molar-refractivity contribution in [2.45, 2.75) is 55.1 Å². The van der Waals surface area contributed by atoms with Gasteiger partial charge in [0.1, 0.15) is 16.7 Å². The van der Waals surface area contributed by atoms with Gasteiger partial charge in [-0.2, -0.15) is 0 Å². The summed E-state index contributed by atoms with van der Waals surface area (Å²) in [6.07, 6.45) is 8.11. The fraction of sp³-hybridized carbons (Fsp3) is 0.520. The Balaban J connectivity index is 1.11. The fourth-order valence-corrected chi connectivity index (χ4v) is 7.51. The Bertz CT molecular complexity index is 1260. The van der Waals surface area contributed by atoms with Crippen LogP contribution in [-0.2, 0) is 12.8 Å². The summed E-state index contributed by atoms with van der Waals surface area (Å²) in [6, 6.07) is 1.87. The predicted molar refractivity (Wildman–Crippen MR) is 145 cm³/mol. The predicted octanol–water partition coefficient (Wildman–Crippen LogP) is 4.31. The number of aromatic nitrogens is 4. The number of hydrogen-bond donors (Lipinski definition) is 2. The van der Waals surface area contributed by atoms with E-state index in [0.29, 0.717) is 21.3 Å². The van der Waals surface area contributed by atoms with Crippen LogP contribution in [0.1, 0.15) is 37.3 Å². The first-order chi connectivity index (χ1) is 17.2. The van der Waals surface area contributed by atoms with Gasteiger partial charge in [-0.1, -0.05) is 23.4 Å². The third-order valence-corrected chi connectivity index (χ3v) is 10.4. The average Bonchev–Trinajstić information content (AvgIpc) is 3.35. The summed E-state index contributed by atoms with van der Waals surface area (Å²) in [5, 5.41) is 11.4. The van der Waals surface area contributed by atoms with E-state index >= 15 is 0 Å². The lowest BCUT2D eigenvalue weighted by Gasteiger charge is -2.46. The number of nitrogens with two attached hydrogens (primary N) is 1. The molecule has 3 aromatic heterocycles. The molecule has 11 heteroatoms. The molecule has 0 unspecified atom stereocenters. The molecule has 2 saturated heterocycles. The van der Waals surface area contributed by atoms with Crippen LogP contribution in [0.2, 0.25) is 5.02 Å². The van der Waals surface area contributed by atoms with Gasteiger partial charge in [0.25, 0.3) is 0 Å². The summed E-state index contributed by atoms with van der Waals surface area (Å²) in [6.45, 7) is 7.04. The molecule has 5 heterocycles. The van der Waals surface area contributed by atoms with Gasteiger partial charge >= 0.3 is 0 Å². The molecular weight excluding hydrogens is 514 g/mol. The Morgan fingerprint density at radius 1 is 1.17 bits per heavy atom. The number of nitrogen functional groups attached to an aromatic ring is 1. The number of pyridine rings is 1. The van der Waals surface area contributed by atoms with E-state index < -0.39 is 5.60 Å². The van der Waals surface area contributed by atoms with Gasteiger partial charge in [-0.3, -0.25) is 0 Å². The molecule has 0 saturated carbocycles. The van der Waals surface area contributed by atoms with E-state index in [1.807, 2.05) is 31.6 Å². The molecule has 2 aliphatic heterocycles. The van der Waals surface area contributed by atoms with Crippen molar-refractivity contribution in [2.24, 2.45) is 11.3 Å². The maximum absolute atomic E-state index is 10.2. The summed E-state index contributed by atoms with van der Waals surface area (Å²) in [5.41, 5.74) is 9.30. The van der Waals surface area contributed by atoms with E-state index in [4.69, 9.17) is 22.3 Å². The SMILES string of the molecule is CC(C)(O)C1CN(c2nccc(Sc3ncc(N4CCC5(CC4)Cc4ncsc4C5)nc3N)c2Cl)C1. The van der Waals surface area contributed by atoms with Gasteiger partial charge < -0.3 is 20.6 Å². The maximum Gasteiger partial charge on any atom is 0.158 e. The average molecular weight is 544 g/mol. The van der Waals surface area contributed by atoms with Crippen LogP contribution in [0.15, 0.2) is 33.9 Å². The van der Waals surface area contributed by atoms with Crippen LogP contribution >= 0.6 is 34.7 Å². The second-order valence-corrected chi connectivity index (χ2v) is 13.1. The van der Waals surface area contributed by atoms with Crippen LogP contribution < -0.4 is 15.5 Å². The van der Waals surface area contributed by atoms with Crippen molar-refractivity contribution in [3.05, 3.63) is 39.6 Å². The summed E-state index contributed by atoms with van der Waals surface area (Å²) >= 11 is 9.93. The van der Waals surface area contributed by atoms with Crippen molar-refractivity contribution in [3.8, 4) is 0 Å². The fourth-order valence-electron chi connectivity index (χ4n) is 5.43. The molecule has 36 heavy (non-hydrogen) atoms. The molecule has 0 radical (unpaired) electrons. The van der Waals surface area contributed by atoms with Crippen molar-refractivity contribution < 1.29 is 5.11 Å². The largest absolute Gasteiger partial charge is 0.390 e. The number of piperidine rings is 1. The van der Waals surface area contributed by atoms with Crippen LogP contribution in [0.25, 0.3) is 0 Å². The normalized spacial score (nSPS) is 19.6. The lowest BCUT2D eigenvalue weighted by atomic mass is 9.76. The Morgan fingerprint density at radius 2 is 1.94 bits per heavy atom. The van der Waals surface area contributed by atoms with E-state index in [2.05, 4.69) is 24.8 Å². The minimum Gasteiger partial charge on any atom is -0.390 e. The minimum absolute atomic E-state index is 0.198. The van der Waals surface area contributed by atoms with Gasteiger partial charge in [0, 0.05) is 48.1 Å². The summed E-state index contributed by atoms with van der Waals surface area (Å²) in [5.74, 6) is 2.16. The molecule has 0 atom stereocenters. The second-order valence-electron chi connectivity index (χ2n) is 10.8. The first-order valence-electron chi connectivity index (χ1n) is 12.3. The van der Waals surface area contributed by atoms with E-state index in [1.54, 1.807) is 17.5 Å². The van der Waals surface area contributed by atoms with Gasteiger partial charge in [-0.25, -0.2) is 19.9 Å². The van der Waals surface area contributed by atoms with Crippen molar-refractivity contribution in [1.29, 1.82) is 0 Å². The topological polar surface area (TPSA) is 104 Å². The highest BCUT2D eigenvalue weighted by Crippen LogP contribution is 2.46. The van der Waals surface area contributed by atoms with Gasteiger partial charge in [0.2, 0.25) is 0 Å². The van der Waals surface area contributed by atoms with Crippen LogP contribution in [0.4, 0.5) is 17.5 Å². The van der Waals surface area contributed by atoms with Crippen molar-refractivity contribution in [1.82, 2.24) is 19.9 Å². The standard InChI is InChI=1S/C25H30ClN7OS2/c1-24(2,34)15-12-33(13-15)22-20(26)17(3-6-28-22)36-23-21(27)31-19(11-29-23)32-7-4-25(5-8-32)9-16-18(10-25)35-14-30-16/h3,6,11,14-15,34H,4-5,7-10,12-13H2,1-2H3,(H2,27,31). The molecular formula is C25H30ClN7OS2. The first kappa shape index (κ1) is 24.2. The molecule has 2 fully saturated rings. The highest BCUT2D eigenvalue weighted by molar-refractivity contribution is 7.99. The minimum atomic E-state index is -0.711. The lowest BCUT2D eigenvalue weighted by molar-refractivity contribution is 0.00438. The van der Waals surface area contributed by atoms with Crippen molar-refractivity contribution in [2.75, 3.05) is 41.7 Å². The molecule has 3 N–H and O–H groups in total. The van der Waals surface area contributed by atoms with E-state index in [9.17, 15) is 5.11 Å². The summed E-state index contributed by atoms with van der Waals surface area (Å²) < 4.78 is 0. The Morgan fingerprint density at radius 3 is 2.64 bits per heavy atom. The van der Waals surface area contributed by atoms with Gasteiger partial charge in [0.15, 0.2) is 5.82 Å². The van der Waals surface area contributed by atoms with Crippen LogP contribution in [0.5, 0.6) is 0 Å². The van der Waals surface area contributed by atoms with Crippen molar-refractivity contribution >= 4 is 52.2 Å². The van der Waals surface area contributed by atoms with Gasteiger partial charge in [0.05, 0.1) is 28.0 Å². The number of anilines is 3. The number of fused-ring (bicyclic) bond motifs is 1. The van der Waals surface area contributed by atoms with Crippen molar-refractivity contribution in [3.63, 3.8) is 0 Å². The second kappa shape index (κ2) is 9.01. The number of hydrogen-bond acceptors (Lipinski definition) is 10. The third kappa shape index (κ3) is 4.42. The zero-order valence-corrected chi connectivity index (χ0v) is 22.8. The van der Waals surface area contributed by atoms with Crippen LogP contribution in [0, 0.1) is 11.3 Å². The maximum atomic E-state index is 10.2. The van der Waals surface area contributed by atoms with Gasteiger partial charge in [-0.15, -0.1) is 11.3 Å². The molecule has 190 valence electrons. The number of aliphatic hydroxyl groups is 1. The molecule has 3 aliphatic rings. The number of halogens is 1. The monoisotopic (exact) mass is 543 g/mol. The van der Waals surface area contributed by atoms with E-state index in [1.165, 1.54) is 22.3 Å². The highest BCUT2D eigenvalue weighted by atomic mass is 35.5. The molecule has 0 bridgehead atoms. The molecule has 0 amide bonds. The molecule has 8 nitrogen and oxygen atoms in total. The number of rotatable bonds is 5. The Hall–Kier alpha value is -2.14. The van der Waals surface area contributed by atoms with Gasteiger partial charge in [-0.05, 0) is 51.0 Å². The zero-order valence-electron chi connectivity index (χ0n) is 20.4. The number of nitrogens with zero attached hydrogens (tertiary/aromatic N) is 6. The van der Waals surface area contributed by atoms with E-state index in [0.717, 1.165) is 68.4 Å². The molecule has 6 rings (SSSR count). The summed E-state index contributed by atoms with van der Waals surface area (Å²) in [4.78, 5) is 25.1. The zero-order chi connectivity index (χ0) is 25.1. The van der Waals surface area contributed by atoms with Crippen LogP contribution in [-0.4, -0.2) is 56.8 Å². The molecule has 1 spiro atoms. The van der Waals surface area contributed by atoms with Crippen LogP contribution in [0.3, 0.4) is 0 Å². The quantitative estimate of drug-likeness (QED) is 0.487. The third-order valence-electron chi connectivity index (χ3n) is 7.93.